The summed E-state index contributed by atoms with van der Waals surface area (Å²) in [4.78, 5) is 91.0. The van der Waals surface area contributed by atoms with Gasteiger partial charge in [0.25, 0.3) is 0 Å². The first-order valence-electron chi connectivity index (χ1n) is 19.7. The summed E-state index contributed by atoms with van der Waals surface area (Å²) in [5.74, 6) is -9.51. The van der Waals surface area contributed by atoms with Crippen molar-refractivity contribution in [2.45, 2.75) is 69.9 Å². The molecule has 0 aliphatic carbocycles. The third-order valence-corrected chi connectivity index (χ3v) is 9.63. The van der Waals surface area contributed by atoms with Crippen molar-refractivity contribution in [1.82, 2.24) is 21.3 Å². The van der Waals surface area contributed by atoms with E-state index in [1.54, 1.807) is 103 Å². The SMILES string of the molecule is O=C(NCCCC[C@H](NC(=O)OCc1ccccc1)C(=O)N[C@@H](CC(Cc1ccccc1)C(=O)O)C(=O)N[C@H](C(=O)O)C(Cc1ccccc1)C(=O)O)OCc1ccccc1. The number of carbonyl (C=O) groups excluding carboxylic acids is 4. The van der Waals surface area contributed by atoms with Crippen LogP contribution in [0.5, 0.6) is 0 Å². The molecule has 0 radical (unpaired) electrons. The summed E-state index contributed by atoms with van der Waals surface area (Å²) < 4.78 is 10.6. The van der Waals surface area contributed by atoms with E-state index < -0.39 is 78.3 Å². The van der Waals surface area contributed by atoms with Gasteiger partial charge in [0.15, 0.2) is 0 Å². The molecule has 0 saturated heterocycles. The summed E-state index contributed by atoms with van der Waals surface area (Å²) in [7, 11) is 0. The van der Waals surface area contributed by atoms with Crippen molar-refractivity contribution in [3.63, 3.8) is 0 Å². The number of hydrogen-bond donors (Lipinski definition) is 7. The first kappa shape index (κ1) is 46.5. The number of carboxylic acid groups (broad SMARTS) is 3. The summed E-state index contributed by atoms with van der Waals surface area (Å²) in [5.41, 5.74) is 2.56. The van der Waals surface area contributed by atoms with Crippen LogP contribution in [0.4, 0.5) is 9.59 Å². The van der Waals surface area contributed by atoms with Gasteiger partial charge in [-0.05, 0) is 60.8 Å². The second-order valence-corrected chi connectivity index (χ2v) is 14.2. The molecule has 7 N–H and O–H groups in total. The van der Waals surface area contributed by atoms with Gasteiger partial charge in [-0.3, -0.25) is 19.2 Å². The summed E-state index contributed by atoms with van der Waals surface area (Å²) in [6.45, 7) is 0.0740. The number of nitrogens with one attached hydrogen (secondary N) is 4. The number of ether oxygens (including phenoxy) is 2. The molecule has 0 fully saturated rings. The molecule has 5 atom stereocenters. The van der Waals surface area contributed by atoms with Crippen LogP contribution in [0.25, 0.3) is 0 Å². The summed E-state index contributed by atoms with van der Waals surface area (Å²) in [6.07, 6.45) is -1.98. The van der Waals surface area contributed by atoms with E-state index in [0.717, 1.165) is 5.56 Å². The van der Waals surface area contributed by atoms with Gasteiger partial charge < -0.3 is 46.1 Å². The van der Waals surface area contributed by atoms with Crippen LogP contribution in [-0.4, -0.2) is 81.9 Å². The van der Waals surface area contributed by atoms with E-state index in [9.17, 15) is 48.9 Å². The van der Waals surface area contributed by atoms with Gasteiger partial charge in [-0.1, -0.05) is 121 Å². The standard InChI is InChI=1S/C45H50N4O12/c50-39(36(48-45(59)61-29-33-21-11-4-12-22-33)23-13-14-24-46-44(58)60-28-32-19-9-3-10-20-32)47-37(27-34(41(52)53)25-30-15-5-1-6-16-30)40(51)49-38(43(56)57)35(42(54)55)26-31-17-7-2-8-18-31/h1-12,15-22,34-38H,13-14,23-29H2,(H,46,58)(H,47,50)(H,48,59)(H,49,51)(H,52,53)(H,54,55)(H,56,57)/t34?,35?,36-,37-,38-/m0/s1. The van der Waals surface area contributed by atoms with Crippen LogP contribution in [0.15, 0.2) is 121 Å². The molecule has 0 heterocycles. The molecule has 322 valence electrons. The van der Waals surface area contributed by atoms with Crippen molar-refractivity contribution in [2.75, 3.05) is 6.54 Å². The molecule has 4 aromatic carbocycles. The number of hydrogen-bond acceptors (Lipinski definition) is 9. The summed E-state index contributed by atoms with van der Waals surface area (Å²) in [6, 6.07) is 29.5. The molecule has 0 bridgehead atoms. The highest BCUT2D eigenvalue weighted by molar-refractivity contribution is 5.94. The normalized spacial score (nSPS) is 13.2. The van der Waals surface area contributed by atoms with E-state index in [1.165, 1.54) is 0 Å². The lowest BCUT2D eigenvalue weighted by Crippen LogP contribution is -2.58. The lowest BCUT2D eigenvalue weighted by Gasteiger charge is -2.28. The number of carboxylic acids is 3. The van der Waals surface area contributed by atoms with Crippen LogP contribution < -0.4 is 21.3 Å². The van der Waals surface area contributed by atoms with E-state index in [-0.39, 0.29) is 45.4 Å². The first-order valence-corrected chi connectivity index (χ1v) is 19.7. The average molecular weight is 839 g/mol. The van der Waals surface area contributed by atoms with E-state index in [0.29, 0.717) is 23.1 Å². The maximum Gasteiger partial charge on any atom is 0.408 e. The number of aliphatic carboxylic acids is 3. The van der Waals surface area contributed by atoms with Crippen LogP contribution in [0.3, 0.4) is 0 Å². The van der Waals surface area contributed by atoms with Crippen LogP contribution in [0.2, 0.25) is 0 Å². The van der Waals surface area contributed by atoms with Crippen LogP contribution >= 0.6 is 0 Å². The number of carbonyl (C=O) groups is 7. The molecule has 0 spiro atoms. The minimum atomic E-state index is -1.99. The third-order valence-electron chi connectivity index (χ3n) is 9.63. The van der Waals surface area contributed by atoms with Gasteiger partial charge in [0.05, 0.1) is 11.8 Å². The Morgan fingerprint density at radius 1 is 0.492 bits per heavy atom. The Bertz CT molecular complexity index is 2040. The Labute approximate surface area is 352 Å². The van der Waals surface area contributed by atoms with E-state index in [2.05, 4.69) is 21.3 Å². The van der Waals surface area contributed by atoms with Crippen LogP contribution in [0.1, 0.15) is 47.9 Å². The minimum absolute atomic E-state index is 0.0381. The Morgan fingerprint density at radius 2 is 0.967 bits per heavy atom. The second-order valence-electron chi connectivity index (χ2n) is 14.2. The topological polar surface area (TPSA) is 247 Å². The van der Waals surface area contributed by atoms with E-state index in [4.69, 9.17) is 9.47 Å². The van der Waals surface area contributed by atoms with E-state index >= 15 is 0 Å². The molecular weight excluding hydrogens is 789 g/mol. The van der Waals surface area contributed by atoms with Crippen molar-refractivity contribution in [2.24, 2.45) is 11.8 Å². The zero-order valence-corrected chi connectivity index (χ0v) is 33.3. The monoisotopic (exact) mass is 838 g/mol. The van der Waals surface area contributed by atoms with Crippen molar-refractivity contribution >= 4 is 41.9 Å². The zero-order chi connectivity index (χ0) is 44.0. The molecule has 0 saturated carbocycles. The molecule has 4 rings (SSSR count). The summed E-state index contributed by atoms with van der Waals surface area (Å²) in [5, 5.41) is 40.4. The quantitative estimate of drug-likeness (QED) is 0.0475. The van der Waals surface area contributed by atoms with Gasteiger partial charge in [-0.25, -0.2) is 14.4 Å². The first-order chi connectivity index (χ1) is 29.4. The van der Waals surface area contributed by atoms with Crippen molar-refractivity contribution < 1.29 is 58.4 Å². The third kappa shape index (κ3) is 16.5. The highest BCUT2D eigenvalue weighted by atomic mass is 16.6. The fourth-order valence-electron chi connectivity index (χ4n) is 6.38. The zero-order valence-electron chi connectivity index (χ0n) is 33.3. The van der Waals surface area contributed by atoms with Crippen molar-refractivity contribution in [3.05, 3.63) is 144 Å². The fourth-order valence-corrected chi connectivity index (χ4v) is 6.38. The maximum absolute atomic E-state index is 14.1. The van der Waals surface area contributed by atoms with E-state index in [1.807, 2.05) is 18.2 Å². The fraction of sp³-hybridized carbons (Fsp3) is 0.311. The summed E-state index contributed by atoms with van der Waals surface area (Å²) >= 11 is 0. The molecule has 0 aliphatic heterocycles. The average Bonchev–Trinajstić information content (AvgIpc) is 3.26. The lowest BCUT2D eigenvalue weighted by atomic mass is 9.90. The van der Waals surface area contributed by atoms with Gasteiger partial charge in [0.2, 0.25) is 11.8 Å². The highest BCUT2D eigenvalue weighted by Gasteiger charge is 2.38. The molecule has 4 aromatic rings. The lowest BCUT2D eigenvalue weighted by molar-refractivity contribution is -0.152. The molecule has 0 aromatic heterocycles. The molecular formula is C45H50N4O12. The predicted molar refractivity (Wildman–Crippen MR) is 221 cm³/mol. The number of benzene rings is 4. The maximum atomic E-state index is 14.1. The minimum Gasteiger partial charge on any atom is -0.481 e. The molecule has 16 nitrogen and oxygen atoms in total. The molecule has 2 unspecified atom stereocenters. The Balaban J connectivity index is 1.53. The predicted octanol–water partition coefficient (Wildman–Crippen LogP) is 4.71. The molecule has 4 amide bonds. The second kappa shape index (κ2) is 24.6. The largest absolute Gasteiger partial charge is 0.481 e. The van der Waals surface area contributed by atoms with Gasteiger partial charge in [0, 0.05) is 6.54 Å². The van der Waals surface area contributed by atoms with Gasteiger partial charge in [0.1, 0.15) is 31.3 Å². The smallest absolute Gasteiger partial charge is 0.408 e. The number of alkyl carbamates (subject to hydrolysis) is 2. The van der Waals surface area contributed by atoms with Gasteiger partial charge in [-0.15, -0.1) is 0 Å². The van der Waals surface area contributed by atoms with Crippen LogP contribution in [-0.2, 0) is 59.5 Å². The molecule has 61 heavy (non-hydrogen) atoms. The number of unbranched alkanes of at least 4 members (excludes halogenated alkanes) is 1. The number of rotatable bonds is 24. The molecule has 16 heteroatoms. The van der Waals surface area contributed by atoms with Gasteiger partial charge >= 0.3 is 30.1 Å². The molecule has 0 aliphatic rings. The van der Waals surface area contributed by atoms with Crippen LogP contribution in [0, 0.1) is 11.8 Å². The number of amides is 4. The Kier molecular flexibility index (Phi) is 18.8. The Hall–Kier alpha value is -7.23. The van der Waals surface area contributed by atoms with Crippen molar-refractivity contribution in [3.8, 4) is 0 Å². The van der Waals surface area contributed by atoms with Crippen molar-refractivity contribution in [1.29, 1.82) is 0 Å². The highest BCUT2D eigenvalue weighted by Crippen LogP contribution is 2.19. The Morgan fingerprint density at radius 3 is 1.46 bits per heavy atom. The van der Waals surface area contributed by atoms with Gasteiger partial charge in [-0.2, -0.15) is 0 Å².